The smallest absolute Gasteiger partial charge is 0.167 e. The van der Waals surface area contributed by atoms with Gasteiger partial charge in [0.15, 0.2) is 5.76 Å². The summed E-state index contributed by atoms with van der Waals surface area (Å²) < 4.78 is 5.48. The minimum atomic E-state index is 0. The largest absolute Gasteiger partial charge is 0.356 e. The van der Waals surface area contributed by atoms with E-state index in [0.29, 0.717) is 0 Å². The Balaban J connectivity index is 0.00000192. The van der Waals surface area contributed by atoms with Crippen LogP contribution in [0.2, 0.25) is 0 Å². The first-order chi connectivity index (χ1) is 10.8. The molecular weight excluding hydrogens is 310 g/mol. The van der Waals surface area contributed by atoms with E-state index in [0.717, 1.165) is 36.0 Å². The van der Waals surface area contributed by atoms with Crippen molar-refractivity contribution in [2.75, 3.05) is 26.7 Å². The number of aromatic nitrogens is 1. The van der Waals surface area contributed by atoms with Gasteiger partial charge in [0.05, 0.1) is 5.69 Å². The third-order valence-corrected chi connectivity index (χ3v) is 4.51. The molecule has 1 saturated heterocycles. The van der Waals surface area contributed by atoms with Gasteiger partial charge in [0.1, 0.15) is 0 Å². The van der Waals surface area contributed by atoms with Gasteiger partial charge >= 0.3 is 0 Å². The van der Waals surface area contributed by atoms with Gasteiger partial charge in [0.25, 0.3) is 0 Å². The standard InChI is InChI=1S/C18H25N3O.ClH/c1-19-10-7-15-8-11-21(12-9-15)14-17-13-18(22-20-17)16-5-3-2-4-6-16;/h2-6,13,15,19H,7-12,14H2,1H3;1H. The average molecular weight is 336 g/mol. The molecule has 0 spiro atoms. The van der Waals surface area contributed by atoms with E-state index in [-0.39, 0.29) is 12.4 Å². The van der Waals surface area contributed by atoms with Gasteiger partial charge in [-0.3, -0.25) is 4.90 Å². The monoisotopic (exact) mass is 335 g/mol. The van der Waals surface area contributed by atoms with Crippen LogP contribution in [-0.2, 0) is 6.54 Å². The molecular formula is C18H26ClN3O. The van der Waals surface area contributed by atoms with Crippen LogP contribution in [0.3, 0.4) is 0 Å². The number of hydrogen-bond acceptors (Lipinski definition) is 4. The van der Waals surface area contributed by atoms with E-state index >= 15 is 0 Å². The highest BCUT2D eigenvalue weighted by molar-refractivity contribution is 5.85. The molecule has 4 nitrogen and oxygen atoms in total. The second-order valence-corrected chi connectivity index (χ2v) is 6.16. The summed E-state index contributed by atoms with van der Waals surface area (Å²) in [5, 5.41) is 7.48. The quantitative estimate of drug-likeness (QED) is 0.876. The summed E-state index contributed by atoms with van der Waals surface area (Å²) in [4.78, 5) is 2.49. The molecule has 2 heterocycles. The summed E-state index contributed by atoms with van der Waals surface area (Å²) in [6, 6.07) is 12.2. The number of likely N-dealkylation sites (tertiary alicyclic amines) is 1. The van der Waals surface area contributed by atoms with E-state index in [4.69, 9.17) is 4.52 Å². The van der Waals surface area contributed by atoms with E-state index in [1.54, 1.807) is 0 Å². The number of nitrogens with zero attached hydrogens (tertiary/aromatic N) is 2. The van der Waals surface area contributed by atoms with Gasteiger partial charge < -0.3 is 9.84 Å². The fourth-order valence-electron chi connectivity index (χ4n) is 3.14. The Hall–Kier alpha value is -1.36. The van der Waals surface area contributed by atoms with E-state index in [9.17, 15) is 0 Å². The SMILES string of the molecule is CNCCC1CCN(Cc2cc(-c3ccccc3)on2)CC1.Cl. The van der Waals surface area contributed by atoms with Crippen LogP contribution in [-0.4, -0.2) is 36.7 Å². The molecule has 1 fully saturated rings. The molecule has 23 heavy (non-hydrogen) atoms. The molecule has 0 bridgehead atoms. The van der Waals surface area contributed by atoms with Crippen molar-refractivity contribution < 1.29 is 4.52 Å². The molecule has 1 aliphatic heterocycles. The average Bonchev–Trinajstić information content (AvgIpc) is 3.04. The number of piperidine rings is 1. The molecule has 1 aliphatic rings. The van der Waals surface area contributed by atoms with Crippen LogP contribution < -0.4 is 5.32 Å². The zero-order valence-corrected chi connectivity index (χ0v) is 14.5. The number of halogens is 1. The van der Waals surface area contributed by atoms with Crippen LogP contribution in [0.5, 0.6) is 0 Å². The molecule has 2 aromatic rings. The highest BCUT2D eigenvalue weighted by atomic mass is 35.5. The van der Waals surface area contributed by atoms with Gasteiger partial charge in [-0.25, -0.2) is 0 Å². The predicted octanol–water partition coefficient (Wildman–Crippen LogP) is 3.58. The van der Waals surface area contributed by atoms with Crippen LogP contribution in [0.25, 0.3) is 11.3 Å². The Morgan fingerprint density at radius 1 is 1.22 bits per heavy atom. The maximum atomic E-state index is 5.48. The van der Waals surface area contributed by atoms with Crippen LogP contribution >= 0.6 is 12.4 Å². The third-order valence-electron chi connectivity index (χ3n) is 4.51. The Bertz CT molecular complexity index is 565. The van der Waals surface area contributed by atoms with Crippen LogP contribution in [0.1, 0.15) is 25.0 Å². The number of hydrogen-bond donors (Lipinski definition) is 1. The van der Waals surface area contributed by atoms with Gasteiger partial charge in [0.2, 0.25) is 0 Å². The van der Waals surface area contributed by atoms with Crippen molar-refractivity contribution in [2.24, 2.45) is 5.92 Å². The zero-order chi connectivity index (χ0) is 15.2. The number of nitrogens with one attached hydrogen (secondary N) is 1. The maximum absolute atomic E-state index is 5.48. The lowest BCUT2D eigenvalue weighted by Crippen LogP contribution is -2.34. The number of benzene rings is 1. The second kappa shape index (κ2) is 9.06. The molecule has 1 aromatic heterocycles. The molecule has 5 heteroatoms. The van der Waals surface area contributed by atoms with E-state index < -0.39 is 0 Å². The normalized spacial score (nSPS) is 16.2. The van der Waals surface area contributed by atoms with E-state index in [1.807, 2.05) is 25.2 Å². The lowest BCUT2D eigenvalue weighted by atomic mass is 9.93. The zero-order valence-electron chi connectivity index (χ0n) is 13.7. The Morgan fingerprint density at radius 3 is 2.65 bits per heavy atom. The topological polar surface area (TPSA) is 41.3 Å². The highest BCUT2D eigenvalue weighted by Crippen LogP contribution is 2.23. The van der Waals surface area contributed by atoms with Gasteiger partial charge in [-0.1, -0.05) is 35.5 Å². The summed E-state index contributed by atoms with van der Waals surface area (Å²) in [6.45, 7) is 4.37. The van der Waals surface area contributed by atoms with Crippen molar-refractivity contribution in [1.29, 1.82) is 0 Å². The molecule has 0 aliphatic carbocycles. The molecule has 0 saturated carbocycles. The van der Waals surface area contributed by atoms with Crippen molar-refractivity contribution in [3.05, 3.63) is 42.1 Å². The third kappa shape index (κ3) is 5.06. The molecule has 0 radical (unpaired) electrons. The minimum Gasteiger partial charge on any atom is -0.356 e. The molecule has 1 aromatic carbocycles. The first-order valence-electron chi connectivity index (χ1n) is 8.23. The van der Waals surface area contributed by atoms with Crippen LogP contribution in [0.15, 0.2) is 40.9 Å². The Morgan fingerprint density at radius 2 is 1.96 bits per heavy atom. The number of rotatable bonds is 6. The maximum Gasteiger partial charge on any atom is 0.167 e. The van der Waals surface area contributed by atoms with Gasteiger partial charge in [-0.05, 0) is 51.9 Å². The van der Waals surface area contributed by atoms with Gasteiger partial charge in [-0.2, -0.15) is 0 Å². The van der Waals surface area contributed by atoms with E-state index in [2.05, 4.69) is 33.6 Å². The predicted molar refractivity (Wildman–Crippen MR) is 95.7 cm³/mol. The Labute approximate surface area is 144 Å². The fraction of sp³-hybridized carbons (Fsp3) is 0.500. The first-order valence-corrected chi connectivity index (χ1v) is 8.23. The molecule has 0 atom stereocenters. The summed E-state index contributed by atoms with van der Waals surface area (Å²) in [5.41, 5.74) is 2.12. The molecule has 1 N–H and O–H groups in total. The molecule has 0 amide bonds. The van der Waals surface area contributed by atoms with Gasteiger partial charge in [0, 0.05) is 18.2 Å². The van der Waals surface area contributed by atoms with Crippen molar-refractivity contribution in [1.82, 2.24) is 15.4 Å². The molecule has 3 rings (SSSR count). The summed E-state index contributed by atoms with van der Waals surface area (Å²) in [5.74, 6) is 1.74. The van der Waals surface area contributed by atoms with Crippen molar-refractivity contribution >= 4 is 12.4 Å². The highest BCUT2D eigenvalue weighted by Gasteiger charge is 2.20. The van der Waals surface area contributed by atoms with Crippen LogP contribution in [0.4, 0.5) is 0 Å². The lowest BCUT2D eigenvalue weighted by molar-refractivity contribution is 0.169. The van der Waals surface area contributed by atoms with E-state index in [1.165, 1.54) is 32.4 Å². The minimum absolute atomic E-state index is 0. The Kier molecular flexibility index (Phi) is 7.09. The first kappa shape index (κ1) is 18.0. The lowest BCUT2D eigenvalue weighted by Gasteiger charge is -2.31. The van der Waals surface area contributed by atoms with Crippen molar-refractivity contribution in [3.8, 4) is 11.3 Å². The molecule has 126 valence electrons. The van der Waals surface area contributed by atoms with Crippen molar-refractivity contribution in [2.45, 2.75) is 25.8 Å². The summed E-state index contributed by atoms with van der Waals surface area (Å²) in [7, 11) is 2.03. The van der Waals surface area contributed by atoms with Crippen molar-refractivity contribution in [3.63, 3.8) is 0 Å². The van der Waals surface area contributed by atoms with Gasteiger partial charge in [-0.15, -0.1) is 12.4 Å². The summed E-state index contributed by atoms with van der Waals surface area (Å²) >= 11 is 0. The summed E-state index contributed by atoms with van der Waals surface area (Å²) in [6.07, 6.45) is 3.89. The second-order valence-electron chi connectivity index (χ2n) is 6.16. The fourth-order valence-corrected chi connectivity index (χ4v) is 3.14. The molecule has 0 unspecified atom stereocenters. The van der Waals surface area contributed by atoms with Crippen LogP contribution in [0, 0.1) is 5.92 Å².